The van der Waals surface area contributed by atoms with Gasteiger partial charge in [-0.2, -0.15) is 0 Å². The molecule has 1 aromatic carbocycles. The van der Waals surface area contributed by atoms with Gasteiger partial charge < -0.3 is 14.4 Å². The fraction of sp³-hybridized carbons (Fsp3) is 0.500. The van der Waals surface area contributed by atoms with Crippen molar-refractivity contribution < 1.29 is 14.3 Å². The van der Waals surface area contributed by atoms with E-state index < -0.39 is 0 Å². The molecule has 0 bridgehead atoms. The minimum atomic E-state index is -0.0448. The lowest BCUT2D eigenvalue weighted by molar-refractivity contribution is -0.130. The number of hydrogen-bond acceptors (Lipinski definition) is 3. The van der Waals surface area contributed by atoms with Crippen LogP contribution in [0, 0.1) is 0 Å². The number of ether oxygens (including phenoxy) is 2. The fourth-order valence-corrected chi connectivity index (χ4v) is 1.95. The Kier molecular flexibility index (Phi) is 4.73. The van der Waals surface area contributed by atoms with Crippen LogP contribution in [0.4, 0.5) is 0 Å². The van der Waals surface area contributed by atoms with E-state index in [4.69, 9.17) is 9.47 Å². The smallest absolute Gasteiger partial charge is 0.219 e. The van der Waals surface area contributed by atoms with Gasteiger partial charge in [-0.25, -0.2) is 0 Å². The van der Waals surface area contributed by atoms with Crippen molar-refractivity contribution in [2.45, 2.75) is 19.6 Å². The van der Waals surface area contributed by atoms with Gasteiger partial charge in [0.05, 0.1) is 25.9 Å². The maximum Gasteiger partial charge on any atom is 0.219 e. The lowest BCUT2D eigenvalue weighted by Crippen LogP contribution is -2.37. The summed E-state index contributed by atoms with van der Waals surface area (Å²) in [5, 5.41) is 0. The highest BCUT2D eigenvalue weighted by Gasteiger charge is 2.20. The zero-order valence-corrected chi connectivity index (χ0v) is 10.7. The molecule has 1 atom stereocenters. The zero-order valence-electron chi connectivity index (χ0n) is 10.7. The second kappa shape index (κ2) is 6.52. The number of benzene rings is 1. The van der Waals surface area contributed by atoms with E-state index in [1.807, 2.05) is 30.3 Å². The number of rotatable bonds is 3. The van der Waals surface area contributed by atoms with Crippen LogP contribution in [0.1, 0.15) is 12.5 Å². The number of carbonyl (C=O) groups excluding carboxylic acids is 1. The van der Waals surface area contributed by atoms with E-state index in [0.29, 0.717) is 32.9 Å². The minimum Gasteiger partial charge on any atom is -0.377 e. The predicted octanol–water partition coefficient (Wildman–Crippen LogP) is 1.45. The molecule has 1 aliphatic heterocycles. The van der Waals surface area contributed by atoms with Crippen molar-refractivity contribution in [1.82, 2.24) is 4.90 Å². The van der Waals surface area contributed by atoms with Crippen molar-refractivity contribution >= 4 is 5.91 Å². The Morgan fingerprint density at radius 2 is 2.22 bits per heavy atom. The molecule has 0 saturated carbocycles. The van der Waals surface area contributed by atoms with Crippen LogP contribution in [0.25, 0.3) is 0 Å². The molecule has 1 aromatic rings. The van der Waals surface area contributed by atoms with Crippen LogP contribution in [0.15, 0.2) is 30.3 Å². The topological polar surface area (TPSA) is 38.8 Å². The molecule has 2 rings (SSSR count). The molecule has 4 nitrogen and oxygen atoms in total. The van der Waals surface area contributed by atoms with E-state index in [2.05, 4.69) is 0 Å². The molecule has 18 heavy (non-hydrogen) atoms. The van der Waals surface area contributed by atoms with E-state index in [-0.39, 0.29) is 12.0 Å². The number of amides is 1. The van der Waals surface area contributed by atoms with Gasteiger partial charge in [-0.05, 0) is 5.56 Å². The van der Waals surface area contributed by atoms with Gasteiger partial charge in [-0.15, -0.1) is 0 Å². The van der Waals surface area contributed by atoms with E-state index in [1.54, 1.807) is 11.8 Å². The molecule has 4 heteroatoms. The average Bonchev–Trinajstić information content (AvgIpc) is 2.63. The van der Waals surface area contributed by atoms with Gasteiger partial charge in [0.1, 0.15) is 0 Å². The standard InChI is InChI=1S/C14H19NO3/c1-12(16)15-7-8-17-11-14(9-15)18-10-13-5-3-2-4-6-13/h2-6,14H,7-11H2,1H3/t14-/m1/s1. The van der Waals surface area contributed by atoms with E-state index >= 15 is 0 Å². The van der Waals surface area contributed by atoms with Crippen LogP contribution in [0.2, 0.25) is 0 Å². The largest absolute Gasteiger partial charge is 0.377 e. The molecule has 1 aliphatic rings. The van der Waals surface area contributed by atoms with Gasteiger partial charge in [0.15, 0.2) is 0 Å². The molecule has 0 N–H and O–H groups in total. The third-order valence-electron chi connectivity index (χ3n) is 3.01. The molecule has 1 fully saturated rings. The second-order valence-corrected chi connectivity index (χ2v) is 4.46. The van der Waals surface area contributed by atoms with Gasteiger partial charge >= 0.3 is 0 Å². The number of carbonyl (C=O) groups is 1. The van der Waals surface area contributed by atoms with Gasteiger partial charge in [-0.1, -0.05) is 30.3 Å². The Hall–Kier alpha value is -1.39. The second-order valence-electron chi connectivity index (χ2n) is 4.46. The van der Waals surface area contributed by atoms with Crippen LogP contribution >= 0.6 is 0 Å². The maximum atomic E-state index is 11.4. The van der Waals surface area contributed by atoms with Gasteiger partial charge in [0.2, 0.25) is 5.91 Å². The molecule has 0 unspecified atom stereocenters. The Morgan fingerprint density at radius 3 is 2.94 bits per heavy atom. The van der Waals surface area contributed by atoms with Crippen molar-refractivity contribution in [2.75, 3.05) is 26.3 Å². The molecule has 1 saturated heterocycles. The van der Waals surface area contributed by atoms with Crippen LogP contribution in [0.3, 0.4) is 0 Å². The molecular weight excluding hydrogens is 230 g/mol. The molecule has 0 aliphatic carbocycles. The van der Waals surface area contributed by atoms with Gasteiger partial charge in [0.25, 0.3) is 0 Å². The van der Waals surface area contributed by atoms with Crippen molar-refractivity contribution in [3.8, 4) is 0 Å². The number of hydrogen-bond donors (Lipinski definition) is 0. The van der Waals surface area contributed by atoms with Crippen LogP contribution in [-0.4, -0.2) is 43.2 Å². The minimum absolute atomic E-state index is 0.0448. The first-order valence-electron chi connectivity index (χ1n) is 6.24. The summed E-state index contributed by atoms with van der Waals surface area (Å²) in [6.07, 6.45) is -0.0448. The lowest BCUT2D eigenvalue weighted by Gasteiger charge is -2.22. The summed E-state index contributed by atoms with van der Waals surface area (Å²) in [5.74, 6) is 0.0776. The summed E-state index contributed by atoms with van der Waals surface area (Å²) >= 11 is 0. The van der Waals surface area contributed by atoms with Crippen molar-refractivity contribution in [3.63, 3.8) is 0 Å². The van der Waals surface area contributed by atoms with Crippen molar-refractivity contribution in [2.24, 2.45) is 0 Å². The Bertz CT molecular complexity index is 380. The monoisotopic (exact) mass is 249 g/mol. The highest BCUT2D eigenvalue weighted by atomic mass is 16.5. The third kappa shape index (κ3) is 3.82. The van der Waals surface area contributed by atoms with Crippen molar-refractivity contribution in [1.29, 1.82) is 0 Å². The molecule has 1 amide bonds. The number of nitrogens with zero attached hydrogens (tertiary/aromatic N) is 1. The Labute approximate surface area is 107 Å². The molecule has 0 radical (unpaired) electrons. The summed E-state index contributed by atoms with van der Waals surface area (Å²) < 4.78 is 11.3. The van der Waals surface area contributed by atoms with Gasteiger partial charge in [-0.3, -0.25) is 4.79 Å². The quantitative estimate of drug-likeness (QED) is 0.814. The Morgan fingerprint density at radius 1 is 1.44 bits per heavy atom. The molecule has 98 valence electrons. The first-order valence-corrected chi connectivity index (χ1v) is 6.24. The average molecular weight is 249 g/mol. The lowest BCUT2D eigenvalue weighted by atomic mass is 10.2. The molecule has 1 heterocycles. The summed E-state index contributed by atoms with van der Waals surface area (Å²) in [7, 11) is 0. The molecule has 0 spiro atoms. The highest BCUT2D eigenvalue weighted by molar-refractivity contribution is 5.73. The normalized spacial score (nSPS) is 20.5. The van der Waals surface area contributed by atoms with Crippen LogP contribution in [-0.2, 0) is 20.9 Å². The SMILES string of the molecule is CC(=O)N1CCOC[C@H](OCc2ccccc2)C1. The van der Waals surface area contributed by atoms with E-state index in [9.17, 15) is 4.79 Å². The predicted molar refractivity (Wildman–Crippen MR) is 68.1 cm³/mol. The summed E-state index contributed by atoms with van der Waals surface area (Å²) in [4.78, 5) is 13.2. The zero-order chi connectivity index (χ0) is 12.8. The van der Waals surface area contributed by atoms with Crippen LogP contribution in [0.5, 0.6) is 0 Å². The van der Waals surface area contributed by atoms with E-state index in [0.717, 1.165) is 5.56 Å². The van der Waals surface area contributed by atoms with Crippen LogP contribution < -0.4 is 0 Å². The fourth-order valence-electron chi connectivity index (χ4n) is 1.95. The van der Waals surface area contributed by atoms with Gasteiger partial charge in [0, 0.05) is 20.0 Å². The summed E-state index contributed by atoms with van der Waals surface area (Å²) in [6.45, 7) is 4.55. The van der Waals surface area contributed by atoms with Crippen molar-refractivity contribution in [3.05, 3.63) is 35.9 Å². The highest BCUT2D eigenvalue weighted by Crippen LogP contribution is 2.08. The third-order valence-corrected chi connectivity index (χ3v) is 3.01. The first-order chi connectivity index (χ1) is 8.75. The Balaban J connectivity index is 1.86. The summed E-state index contributed by atoms with van der Waals surface area (Å²) in [6, 6.07) is 10.0. The van der Waals surface area contributed by atoms with E-state index in [1.165, 1.54) is 0 Å². The molecular formula is C14H19NO3. The maximum absolute atomic E-state index is 11.4. The summed E-state index contributed by atoms with van der Waals surface area (Å²) in [5.41, 5.74) is 1.14. The molecule has 0 aromatic heterocycles. The first kappa shape index (κ1) is 13.1.